The van der Waals surface area contributed by atoms with E-state index in [9.17, 15) is 4.79 Å². The van der Waals surface area contributed by atoms with Gasteiger partial charge in [0.05, 0.1) is 13.2 Å². The number of nitrogens with one attached hydrogen (secondary N) is 2. The van der Waals surface area contributed by atoms with Crippen molar-refractivity contribution in [3.05, 3.63) is 35.9 Å². The van der Waals surface area contributed by atoms with Gasteiger partial charge in [0.2, 0.25) is 5.91 Å². The average molecular weight is 367 g/mol. The molecule has 1 saturated heterocycles. The van der Waals surface area contributed by atoms with Gasteiger partial charge in [-0.2, -0.15) is 0 Å². The Balaban J connectivity index is 0.00000225. The summed E-state index contributed by atoms with van der Waals surface area (Å²) < 4.78 is 5.44. The third kappa shape index (κ3) is 5.70. The van der Waals surface area contributed by atoms with E-state index in [2.05, 4.69) is 41.0 Å². The van der Waals surface area contributed by atoms with Gasteiger partial charge >= 0.3 is 0 Å². The van der Waals surface area contributed by atoms with E-state index in [0.29, 0.717) is 13.0 Å². The maximum atomic E-state index is 12.4. The van der Waals surface area contributed by atoms with Gasteiger partial charge in [-0.15, -0.1) is 12.4 Å². The van der Waals surface area contributed by atoms with E-state index in [1.807, 2.05) is 0 Å². The molecule has 0 spiro atoms. The van der Waals surface area contributed by atoms with Crippen molar-refractivity contribution in [1.82, 2.24) is 10.6 Å². The normalized spacial score (nSPS) is 23.1. The molecule has 0 radical (unpaired) electrons. The molecule has 1 saturated carbocycles. The van der Waals surface area contributed by atoms with Gasteiger partial charge in [0.25, 0.3) is 0 Å². The first kappa shape index (κ1) is 20.2. The zero-order valence-electron chi connectivity index (χ0n) is 15.0. The van der Waals surface area contributed by atoms with Crippen LogP contribution in [0.5, 0.6) is 0 Å². The number of ether oxygens (including phenoxy) is 1. The molecule has 1 aliphatic heterocycles. The van der Waals surface area contributed by atoms with Crippen LogP contribution in [0.3, 0.4) is 0 Å². The van der Waals surface area contributed by atoms with E-state index in [1.54, 1.807) is 0 Å². The van der Waals surface area contributed by atoms with Gasteiger partial charge in [0.1, 0.15) is 0 Å². The van der Waals surface area contributed by atoms with Crippen LogP contribution in [-0.4, -0.2) is 38.3 Å². The number of amides is 1. The van der Waals surface area contributed by atoms with Crippen molar-refractivity contribution in [2.75, 3.05) is 26.3 Å². The molecule has 4 nitrogen and oxygen atoms in total. The fourth-order valence-corrected chi connectivity index (χ4v) is 4.08. The molecule has 2 fully saturated rings. The minimum absolute atomic E-state index is 0. The van der Waals surface area contributed by atoms with Gasteiger partial charge in [0.15, 0.2) is 0 Å². The molecule has 5 heteroatoms. The SMILES string of the molecule is Cl.O=C(CC1COCCN1)NCC1(c2ccccc2)CCCCCC1. The van der Waals surface area contributed by atoms with Gasteiger partial charge in [-0.1, -0.05) is 56.0 Å². The molecule has 140 valence electrons. The summed E-state index contributed by atoms with van der Waals surface area (Å²) >= 11 is 0. The molecule has 1 amide bonds. The van der Waals surface area contributed by atoms with Crippen LogP contribution in [0.25, 0.3) is 0 Å². The molecule has 1 atom stereocenters. The number of benzene rings is 1. The first-order chi connectivity index (χ1) is 11.8. The number of halogens is 1. The van der Waals surface area contributed by atoms with E-state index in [-0.39, 0.29) is 29.8 Å². The minimum Gasteiger partial charge on any atom is -0.378 e. The van der Waals surface area contributed by atoms with Gasteiger partial charge in [-0.25, -0.2) is 0 Å². The summed E-state index contributed by atoms with van der Waals surface area (Å²) in [4.78, 5) is 12.4. The quantitative estimate of drug-likeness (QED) is 0.787. The molecule has 1 aromatic rings. The zero-order valence-corrected chi connectivity index (χ0v) is 15.8. The van der Waals surface area contributed by atoms with Crippen molar-refractivity contribution < 1.29 is 9.53 Å². The summed E-state index contributed by atoms with van der Waals surface area (Å²) in [5.74, 6) is 0.137. The van der Waals surface area contributed by atoms with Crippen LogP contribution in [-0.2, 0) is 14.9 Å². The van der Waals surface area contributed by atoms with E-state index in [4.69, 9.17) is 4.74 Å². The largest absolute Gasteiger partial charge is 0.378 e. The molecule has 1 aliphatic carbocycles. The zero-order chi connectivity index (χ0) is 16.7. The van der Waals surface area contributed by atoms with E-state index in [0.717, 1.165) is 19.7 Å². The molecule has 1 unspecified atom stereocenters. The van der Waals surface area contributed by atoms with Crippen molar-refractivity contribution in [2.24, 2.45) is 0 Å². The second-order valence-corrected chi connectivity index (χ2v) is 7.27. The maximum Gasteiger partial charge on any atom is 0.221 e. The molecule has 0 aromatic heterocycles. The highest BCUT2D eigenvalue weighted by Crippen LogP contribution is 2.37. The van der Waals surface area contributed by atoms with E-state index in [1.165, 1.54) is 44.1 Å². The Morgan fingerprint density at radius 3 is 2.52 bits per heavy atom. The third-order valence-corrected chi connectivity index (χ3v) is 5.50. The minimum atomic E-state index is 0. The lowest BCUT2D eigenvalue weighted by Gasteiger charge is -2.34. The number of hydrogen-bond donors (Lipinski definition) is 2. The standard InChI is InChI=1S/C20H30N2O2.ClH/c23-19(14-18-15-24-13-12-21-18)22-16-20(10-6-1-2-7-11-20)17-8-4-3-5-9-17;/h3-5,8-9,18,21H,1-2,6-7,10-16H2,(H,22,23);1H. The molecule has 1 aromatic carbocycles. The third-order valence-electron chi connectivity index (χ3n) is 5.50. The van der Waals surface area contributed by atoms with Gasteiger partial charge < -0.3 is 15.4 Å². The predicted molar refractivity (Wildman–Crippen MR) is 103 cm³/mol. The summed E-state index contributed by atoms with van der Waals surface area (Å²) in [6.07, 6.45) is 7.97. The Morgan fingerprint density at radius 2 is 1.88 bits per heavy atom. The van der Waals surface area contributed by atoms with Crippen molar-refractivity contribution in [2.45, 2.75) is 56.4 Å². The Labute approximate surface area is 157 Å². The Bertz CT molecular complexity index is 510. The molecular weight excluding hydrogens is 336 g/mol. The average Bonchev–Trinajstić information content (AvgIpc) is 2.88. The lowest BCUT2D eigenvalue weighted by molar-refractivity contribution is -0.122. The monoisotopic (exact) mass is 366 g/mol. The van der Waals surface area contributed by atoms with Crippen molar-refractivity contribution in [3.8, 4) is 0 Å². The van der Waals surface area contributed by atoms with Crippen LogP contribution >= 0.6 is 12.4 Å². The second-order valence-electron chi connectivity index (χ2n) is 7.27. The van der Waals surface area contributed by atoms with Crippen LogP contribution in [0.2, 0.25) is 0 Å². The number of rotatable bonds is 5. The van der Waals surface area contributed by atoms with Gasteiger partial charge in [-0.3, -0.25) is 4.79 Å². The number of carbonyl (C=O) groups excluding carboxylic acids is 1. The number of hydrogen-bond acceptors (Lipinski definition) is 3. The lowest BCUT2D eigenvalue weighted by atomic mass is 9.74. The van der Waals surface area contributed by atoms with Crippen molar-refractivity contribution in [3.63, 3.8) is 0 Å². The summed E-state index contributed by atoms with van der Waals surface area (Å²) in [6.45, 7) is 2.97. The molecular formula is C20H31ClN2O2. The van der Waals surface area contributed by atoms with Crippen LogP contribution in [0.15, 0.2) is 30.3 Å². The van der Waals surface area contributed by atoms with Gasteiger partial charge in [-0.05, 0) is 18.4 Å². The van der Waals surface area contributed by atoms with Crippen LogP contribution in [0, 0.1) is 0 Å². The molecule has 1 heterocycles. The summed E-state index contributed by atoms with van der Waals surface area (Å²) in [5.41, 5.74) is 1.48. The van der Waals surface area contributed by atoms with E-state index >= 15 is 0 Å². The summed E-state index contributed by atoms with van der Waals surface area (Å²) in [7, 11) is 0. The van der Waals surface area contributed by atoms with Gasteiger partial charge in [0, 0.05) is 31.0 Å². The lowest BCUT2D eigenvalue weighted by Crippen LogP contribution is -2.46. The molecule has 2 aliphatic rings. The highest BCUT2D eigenvalue weighted by atomic mass is 35.5. The smallest absolute Gasteiger partial charge is 0.221 e. The van der Waals surface area contributed by atoms with Crippen LogP contribution < -0.4 is 10.6 Å². The topological polar surface area (TPSA) is 50.4 Å². The fourth-order valence-electron chi connectivity index (χ4n) is 4.08. The fraction of sp³-hybridized carbons (Fsp3) is 0.650. The molecule has 2 N–H and O–H groups in total. The predicted octanol–water partition coefficient (Wildman–Crippen LogP) is 3.20. The number of morpholine rings is 1. The highest BCUT2D eigenvalue weighted by Gasteiger charge is 2.33. The van der Waals surface area contributed by atoms with Crippen molar-refractivity contribution >= 4 is 18.3 Å². The molecule has 0 bridgehead atoms. The summed E-state index contributed by atoms with van der Waals surface area (Å²) in [6, 6.07) is 10.9. The molecule has 3 rings (SSSR count). The first-order valence-electron chi connectivity index (χ1n) is 9.42. The van der Waals surface area contributed by atoms with Crippen LogP contribution in [0.1, 0.15) is 50.5 Å². The number of carbonyl (C=O) groups is 1. The summed E-state index contributed by atoms with van der Waals surface area (Å²) in [5, 5.41) is 6.59. The highest BCUT2D eigenvalue weighted by molar-refractivity contribution is 5.85. The Hall–Kier alpha value is -1.10. The van der Waals surface area contributed by atoms with Crippen LogP contribution in [0.4, 0.5) is 0 Å². The maximum absolute atomic E-state index is 12.4. The molecule has 25 heavy (non-hydrogen) atoms. The Morgan fingerprint density at radius 1 is 1.16 bits per heavy atom. The van der Waals surface area contributed by atoms with E-state index < -0.39 is 0 Å². The van der Waals surface area contributed by atoms with Crippen molar-refractivity contribution in [1.29, 1.82) is 0 Å². The first-order valence-corrected chi connectivity index (χ1v) is 9.42. The Kier molecular flexibility index (Phi) is 8.20. The second kappa shape index (κ2) is 10.1.